The van der Waals surface area contributed by atoms with E-state index in [0.29, 0.717) is 12.5 Å². The van der Waals surface area contributed by atoms with Gasteiger partial charge in [0.25, 0.3) is 0 Å². The predicted octanol–water partition coefficient (Wildman–Crippen LogP) is 4.83. The summed E-state index contributed by atoms with van der Waals surface area (Å²) in [6.07, 6.45) is 4.56. The van der Waals surface area contributed by atoms with Crippen molar-refractivity contribution in [3.05, 3.63) is 102 Å². The second-order valence-electron chi connectivity index (χ2n) is 7.17. The summed E-state index contributed by atoms with van der Waals surface area (Å²) in [5.74, 6) is 1.53. The van der Waals surface area contributed by atoms with Gasteiger partial charge in [0, 0.05) is 44.2 Å². The van der Waals surface area contributed by atoms with Crippen LogP contribution in [-0.4, -0.2) is 28.5 Å². The molecule has 0 amide bonds. The first-order valence-corrected chi connectivity index (χ1v) is 10.1. The van der Waals surface area contributed by atoms with Crippen molar-refractivity contribution >= 4 is 11.8 Å². The molecule has 5 nitrogen and oxygen atoms in total. The Bertz CT molecular complexity index is 1050. The van der Waals surface area contributed by atoms with Gasteiger partial charge in [-0.05, 0) is 29.7 Å². The number of nitrogens with zero attached hydrogens (tertiary/aromatic N) is 4. The topological polar surface area (TPSA) is 53.9 Å². The summed E-state index contributed by atoms with van der Waals surface area (Å²) in [7, 11) is 2.03. The van der Waals surface area contributed by atoms with E-state index >= 15 is 0 Å². The van der Waals surface area contributed by atoms with Gasteiger partial charge in [0.2, 0.25) is 5.95 Å². The van der Waals surface area contributed by atoms with E-state index in [1.807, 2.05) is 74.0 Å². The maximum absolute atomic E-state index is 4.83. The molecule has 0 atom stereocenters. The molecule has 0 aliphatic rings. The molecule has 5 heteroatoms. The lowest BCUT2D eigenvalue weighted by atomic mass is 10.1. The number of hydrogen-bond acceptors (Lipinski definition) is 5. The Morgan fingerprint density at radius 3 is 2.23 bits per heavy atom. The van der Waals surface area contributed by atoms with E-state index < -0.39 is 0 Å². The van der Waals surface area contributed by atoms with Crippen LogP contribution in [-0.2, 0) is 13.0 Å². The average molecular weight is 396 g/mol. The Morgan fingerprint density at radius 2 is 1.50 bits per heavy atom. The molecule has 0 saturated heterocycles. The molecule has 0 aliphatic heterocycles. The van der Waals surface area contributed by atoms with Crippen LogP contribution in [0.4, 0.5) is 11.8 Å². The summed E-state index contributed by atoms with van der Waals surface area (Å²) >= 11 is 0. The minimum atomic E-state index is 0.709. The molecule has 2 aromatic carbocycles. The standard InChI is InChI=1S/C25H25N5/c1-30(17-14-20-12-15-26-16-13-20)25-28-23(22-10-6-3-7-11-22)18-24(29-25)27-19-21-8-4-2-5-9-21/h2-13,15-16,18H,14,17,19H2,1H3,(H,27,28,29). The molecule has 0 bridgehead atoms. The number of likely N-dealkylation sites (N-methyl/N-ethyl adjacent to an activating group) is 1. The van der Waals surface area contributed by atoms with Gasteiger partial charge in [-0.15, -0.1) is 0 Å². The molecule has 0 fully saturated rings. The maximum Gasteiger partial charge on any atom is 0.227 e. The number of pyridine rings is 1. The smallest absolute Gasteiger partial charge is 0.227 e. The molecule has 4 aromatic rings. The zero-order valence-corrected chi connectivity index (χ0v) is 17.1. The molecule has 0 saturated carbocycles. The van der Waals surface area contributed by atoms with Crippen LogP contribution in [0.3, 0.4) is 0 Å². The lowest BCUT2D eigenvalue weighted by Crippen LogP contribution is -2.23. The molecule has 0 spiro atoms. The maximum atomic E-state index is 4.83. The van der Waals surface area contributed by atoms with Gasteiger partial charge in [-0.25, -0.2) is 4.98 Å². The van der Waals surface area contributed by atoms with E-state index in [0.717, 1.165) is 30.0 Å². The number of anilines is 2. The fourth-order valence-electron chi connectivity index (χ4n) is 3.19. The van der Waals surface area contributed by atoms with Gasteiger partial charge in [0.15, 0.2) is 0 Å². The second-order valence-corrected chi connectivity index (χ2v) is 7.17. The van der Waals surface area contributed by atoms with Gasteiger partial charge in [-0.1, -0.05) is 60.7 Å². The number of hydrogen-bond donors (Lipinski definition) is 1. The minimum absolute atomic E-state index is 0.709. The van der Waals surface area contributed by atoms with Crippen molar-refractivity contribution in [2.24, 2.45) is 0 Å². The largest absolute Gasteiger partial charge is 0.366 e. The predicted molar refractivity (Wildman–Crippen MR) is 122 cm³/mol. The monoisotopic (exact) mass is 395 g/mol. The Balaban J connectivity index is 1.56. The average Bonchev–Trinajstić information content (AvgIpc) is 2.83. The Labute approximate surface area is 177 Å². The van der Waals surface area contributed by atoms with Crippen molar-refractivity contribution in [1.82, 2.24) is 15.0 Å². The van der Waals surface area contributed by atoms with Gasteiger partial charge in [0.05, 0.1) is 5.69 Å². The van der Waals surface area contributed by atoms with Crippen molar-refractivity contribution < 1.29 is 0 Å². The number of benzene rings is 2. The lowest BCUT2D eigenvalue weighted by molar-refractivity contribution is 0.837. The molecule has 2 heterocycles. The van der Waals surface area contributed by atoms with Gasteiger partial charge < -0.3 is 10.2 Å². The van der Waals surface area contributed by atoms with Crippen molar-refractivity contribution in [2.75, 3.05) is 23.8 Å². The first-order valence-electron chi connectivity index (χ1n) is 10.1. The summed E-state index contributed by atoms with van der Waals surface area (Å²) in [5, 5.41) is 3.45. The van der Waals surface area contributed by atoms with Gasteiger partial charge in [-0.3, -0.25) is 4.98 Å². The summed E-state index contributed by atoms with van der Waals surface area (Å²) in [6.45, 7) is 1.53. The van der Waals surface area contributed by atoms with Crippen LogP contribution in [0.25, 0.3) is 11.3 Å². The summed E-state index contributed by atoms with van der Waals surface area (Å²) in [5.41, 5.74) is 4.45. The highest BCUT2D eigenvalue weighted by molar-refractivity contribution is 5.64. The highest BCUT2D eigenvalue weighted by atomic mass is 15.2. The quantitative estimate of drug-likeness (QED) is 0.463. The van der Waals surface area contributed by atoms with E-state index in [1.54, 1.807) is 0 Å². The van der Waals surface area contributed by atoms with Crippen LogP contribution in [0.15, 0.2) is 91.3 Å². The molecule has 2 aromatic heterocycles. The molecule has 0 radical (unpaired) electrons. The van der Waals surface area contributed by atoms with Crippen molar-refractivity contribution in [3.8, 4) is 11.3 Å². The van der Waals surface area contributed by atoms with E-state index in [9.17, 15) is 0 Å². The third kappa shape index (κ3) is 5.20. The normalized spacial score (nSPS) is 10.6. The Hall–Kier alpha value is -3.73. The fraction of sp³-hybridized carbons (Fsp3) is 0.160. The van der Waals surface area contributed by atoms with Crippen molar-refractivity contribution in [1.29, 1.82) is 0 Å². The second kappa shape index (κ2) is 9.65. The van der Waals surface area contributed by atoms with Crippen LogP contribution in [0.5, 0.6) is 0 Å². The van der Waals surface area contributed by atoms with Crippen LogP contribution >= 0.6 is 0 Å². The molecule has 0 unspecified atom stereocenters. The van der Waals surface area contributed by atoms with E-state index in [2.05, 4.69) is 39.5 Å². The van der Waals surface area contributed by atoms with E-state index in [1.165, 1.54) is 11.1 Å². The minimum Gasteiger partial charge on any atom is -0.366 e. The Kier molecular flexibility index (Phi) is 6.30. The van der Waals surface area contributed by atoms with Gasteiger partial charge in [0.1, 0.15) is 5.82 Å². The first-order chi connectivity index (χ1) is 14.8. The third-order valence-electron chi connectivity index (χ3n) is 4.93. The first kappa shape index (κ1) is 19.6. The number of nitrogens with one attached hydrogen (secondary N) is 1. The van der Waals surface area contributed by atoms with E-state index in [4.69, 9.17) is 9.97 Å². The van der Waals surface area contributed by atoms with Crippen molar-refractivity contribution in [3.63, 3.8) is 0 Å². The third-order valence-corrected chi connectivity index (χ3v) is 4.93. The highest BCUT2D eigenvalue weighted by Gasteiger charge is 2.11. The highest BCUT2D eigenvalue weighted by Crippen LogP contribution is 2.23. The Morgan fingerprint density at radius 1 is 0.800 bits per heavy atom. The van der Waals surface area contributed by atoms with Crippen LogP contribution in [0, 0.1) is 0 Å². The zero-order chi connectivity index (χ0) is 20.6. The summed E-state index contributed by atoms with van der Waals surface area (Å²) in [4.78, 5) is 15.8. The molecule has 150 valence electrons. The van der Waals surface area contributed by atoms with Gasteiger partial charge in [-0.2, -0.15) is 4.98 Å². The van der Waals surface area contributed by atoms with E-state index in [-0.39, 0.29) is 0 Å². The van der Waals surface area contributed by atoms with Crippen LogP contribution in [0.1, 0.15) is 11.1 Å². The van der Waals surface area contributed by atoms with Crippen molar-refractivity contribution in [2.45, 2.75) is 13.0 Å². The molecule has 1 N–H and O–H groups in total. The molecular weight excluding hydrogens is 370 g/mol. The molecule has 4 rings (SSSR count). The molecule has 0 aliphatic carbocycles. The van der Waals surface area contributed by atoms with Gasteiger partial charge >= 0.3 is 0 Å². The van der Waals surface area contributed by atoms with Crippen LogP contribution < -0.4 is 10.2 Å². The SMILES string of the molecule is CN(CCc1ccncc1)c1nc(NCc2ccccc2)cc(-c2ccccc2)n1. The number of aromatic nitrogens is 3. The van der Waals surface area contributed by atoms with Crippen LogP contribution in [0.2, 0.25) is 0 Å². The fourth-order valence-corrected chi connectivity index (χ4v) is 3.19. The molecular formula is C25H25N5. The summed E-state index contributed by atoms with van der Waals surface area (Å²) in [6, 6.07) is 26.6. The zero-order valence-electron chi connectivity index (χ0n) is 17.1. The number of rotatable bonds is 8. The summed E-state index contributed by atoms with van der Waals surface area (Å²) < 4.78 is 0. The lowest BCUT2D eigenvalue weighted by Gasteiger charge is -2.19. The molecule has 30 heavy (non-hydrogen) atoms.